The standard InChI is InChI=1S/C11H21F3O3S.C8H20N/c12-11(13,14)9-7-5-3-1-2-4-6-8-10-18(15,16)17;1-5-9(6-2,7-3)8-4/h1-10H2,(H,15,16,17);5-8H2,1-4H3/q;+1/p-1. The van der Waals surface area contributed by atoms with E-state index in [1.807, 2.05) is 0 Å². The Hall–Kier alpha value is -0.340. The van der Waals surface area contributed by atoms with E-state index in [1.54, 1.807) is 0 Å². The zero-order chi connectivity index (χ0) is 21.4. The van der Waals surface area contributed by atoms with Crippen molar-refractivity contribution in [2.75, 3.05) is 31.9 Å². The molecule has 4 nitrogen and oxygen atoms in total. The summed E-state index contributed by atoms with van der Waals surface area (Å²) in [4.78, 5) is 0. The maximum atomic E-state index is 11.8. The summed E-state index contributed by atoms with van der Waals surface area (Å²) in [7, 11) is -4.10. The Morgan fingerprint density at radius 3 is 1.30 bits per heavy atom. The molecular formula is C19H40F3NO3S. The maximum Gasteiger partial charge on any atom is 0.389 e. The van der Waals surface area contributed by atoms with Crippen LogP contribution in [-0.4, -0.2) is 55.6 Å². The number of alkyl halides is 3. The van der Waals surface area contributed by atoms with Crippen molar-refractivity contribution in [2.45, 2.75) is 91.7 Å². The molecule has 0 atom stereocenters. The minimum absolute atomic E-state index is 0.178. The van der Waals surface area contributed by atoms with Gasteiger partial charge in [-0.2, -0.15) is 13.2 Å². The molecule has 0 aromatic carbocycles. The van der Waals surface area contributed by atoms with Crippen molar-refractivity contribution in [1.82, 2.24) is 0 Å². The first-order chi connectivity index (χ1) is 12.4. The molecule has 0 aromatic heterocycles. The summed E-state index contributed by atoms with van der Waals surface area (Å²) >= 11 is 0. The fourth-order valence-electron chi connectivity index (χ4n) is 3.01. The summed E-state index contributed by atoms with van der Waals surface area (Å²) in [5.74, 6) is -0.321. The highest BCUT2D eigenvalue weighted by atomic mass is 32.2. The topological polar surface area (TPSA) is 57.2 Å². The number of nitrogens with zero attached hydrogens (tertiary/aromatic N) is 1. The lowest BCUT2D eigenvalue weighted by atomic mass is 10.1. The van der Waals surface area contributed by atoms with E-state index in [4.69, 9.17) is 0 Å². The van der Waals surface area contributed by atoms with Crippen LogP contribution < -0.4 is 0 Å². The molecule has 0 fully saturated rings. The third kappa shape index (κ3) is 20.2. The van der Waals surface area contributed by atoms with Crippen molar-refractivity contribution in [2.24, 2.45) is 0 Å². The van der Waals surface area contributed by atoms with Crippen LogP contribution in [0, 0.1) is 0 Å². The van der Waals surface area contributed by atoms with Crippen LogP contribution in [-0.2, 0) is 10.1 Å². The van der Waals surface area contributed by atoms with Crippen LogP contribution in [0.15, 0.2) is 0 Å². The molecule has 0 unspecified atom stereocenters. The number of rotatable bonds is 14. The van der Waals surface area contributed by atoms with Crippen molar-refractivity contribution >= 4 is 10.1 Å². The molecule has 0 aliphatic carbocycles. The normalized spacial score (nSPS) is 12.6. The van der Waals surface area contributed by atoms with E-state index in [9.17, 15) is 26.1 Å². The van der Waals surface area contributed by atoms with Crippen molar-refractivity contribution < 1.29 is 30.6 Å². The van der Waals surface area contributed by atoms with Gasteiger partial charge in [-0.25, -0.2) is 8.42 Å². The van der Waals surface area contributed by atoms with E-state index in [0.717, 1.165) is 25.7 Å². The lowest BCUT2D eigenvalue weighted by Gasteiger charge is -2.34. The van der Waals surface area contributed by atoms with Crippen molar-refractivity contribution in [3.8, 4) is 0 Å². The van der Waals surface area contributed by atoms with Crippen LogP contribution in [0.5, 0.6) is 0 Å². The molecule has 0 bridgehead atoms. The van der Waals surface area contributed by atoms with Crippen LogP contribution in [0.2, 0.25) is 0 Å². The number of hydrogen-bond donors (Lipinski definition) is 0. The van der Waals surface area contributed by atoms with Crippen LogP contribution >= 0.6 is 0 Å². The summed E-state index contributed by atoms with van der Waals surface area (Å²) in [5.41, 5.74) is 0. The van der Waals surface area contributed by atoms with Crippen LogP contribution in [0.3, 0.4) is 0 Å². The summed E-state index contributed by atoms with van der Waals surface area (Å²) in [6.07, 6.45) is 0.395. The Morgan fingerprint density at radius 2 is 1.04 bits per heavy atom. The highest BCUT2D eigenvalue weighted by molar-refractivity contribution is 7.85. The molecule has 0 radical (unpaired) electrons. The summed E-state index contributed by atoms with van der Waals surface area (Å²) < 4.78 is 67.5. The zero-order valence-electron chi connectivity index (χ0n) is 17.6. The highest BCUT2D eigenvalue weighted by Gasteiger charge is 2.25. The summed E-state index contributed by atoms with van der Waals surface area (Å²) in [5, 5.41) is 0. The second-order valence-corrected chi connectivity index (χ2v) is 8.59. The fraction of sp³-hybridized carbons (Fsp3) is 1.00. The van der Waals surface area contributed by atoms with Crippen LogP contribution in [0.25, 0.3) is 0 Å². The van der Waals surface area contributed by atoms with Gasteiger partial charge in [0.1, 0.15) is 0 Å². The minimum Gasteiger partial charge on any atom is -0.748 e. The van der Waals surface area contributed by atoms with Gasteiger partial charge in [-0.15, -0.1) is 0 Å². The Labute approximate surface area is 164 Å². The predicted molar refractivity (Wildman–Crippen MR) is 105 cm³/mol. The molecule has 27 heavy (non-hydrogen) atoms. The van der Waals surface area contributed by atoms with Crippen molar-refractivity contribution in [3.63, 3.8) is 0 Å². The third-order valence-electron chi connectivity index (χ3n) is 5.29. The molecule has 0 aliphatic rings. The molecule has 0 spiro atoms. The lowest BCUT2D eigenvalue weighted by Crippen LogP contribution is -2.47. The van der Waals surface area contributed by atoms with Gasteiger partial charge in [-0.1, -0.05) is 38.5 Å². The second-order valence-electron chi connectivity index (χ2n) is 7.06. The van der Waals surface area contributed by atoms with Crippen LogP contribution in [0.4, 0.5) is 13.2 Å². The monoisotopic (exact) mass is 419 g/mol. The fourth-order valence-corrected chi connectivity index (χ4v) is 3.56. The summed E-state index contributed by atoms with van der Waals surface area (Å²) in [6, 6.07) is 0. The Balaban J connectivity index is 0. The molecule has 0 amide bonds. The summed E-state index contributed by atoms with van der Waals surface area (Å²) in [6.45, 7) is 14.2. The molecule has 0 N–H and O–H groups in total. The minimum atomic E-state index is -4.10. The number of hydrogen-bond acceptors (Lipinski definition) is 3. The van der Waals surface area contributed by atoms with Crippen molar-refractivity contribution in [1.29, 1.82) is 0 Å². The molecule has 166 valence electrons. The average Bonchev–Trinajstić information content (AvgIpc) is 2.58. The Morgan fingerprint density at radius 1 is 0.704 bits per heavy atom. The maximum absolute atomic E-state index is 11.8. The number of quaternary nitrogens is 1. The Kier molecular flexibility index (Phi) is 16.6. The first-order valence-corrected chi connectivity index (χ1v) is 11.9. The SMILES string of the molecule is CC[N+](CC)(CC)CC.O=S(=O)([O-])CCCCCCCCCCC(F)(F)F. The van der Waals surface area contributed by atoms with E-state index in [1.165, 1.54) is 30.7 Å². The first kappa shape index (κ1) is 28.9. The molecule has 0 rings (SSSR count). The zero-order valence-corrected chi connectivity index (χ0v) is 18.4. The average molecular weight is 420 g/mol. The molecule has 8 heteroatoms. The van der Waals surface area contributed by atoms with Gasteiger partial charge < -0.3 is 9.04 Å². The van der Waals surface area contributed by atoms with Gasteiger partial charge in [0.05, 0.1) is 36.3 Å². The van der Waals surface area contributed by atoms with Crippen LogP contribution in [0.1, 0.15) is 85.5 Å². The molecule has 0 saturated carbocycles. The second kappa shape index (κ2) is 15.6. The van der Waals surface area contributed by atoms with Gasteiger partial charge in [0.2, 0.25) is 0 Å². The molecule has 0 saturated heterocycles. The quantitative estimate of drug-likeness (QED) is 0.213. The third-order valence-corrected chi connectivity index (χ3v) is 6.08. The molecule has 0 heterocycles. The van der Waals surface area contributed by atoms with Gasteiger partial charge >= 0.3 is 6.18 Å². The lowest BCUT2D eigenvalue weighted by molar-refractivity contribution is -0.921. The van der Waals surface area contributed by atoms with Gasteiger partial charge in [0.15, 0.2) is 0 Å². The van der Waals surface area contributed by atoms with Gasteiger partial charge in [-0.05, 0) is 40.5 Å². The van der Waals surface area contributed by atoms with E-state index in [-0.39, 0.29) is 12.2 Å². The largest absolute Gasteiger partial charge is 0.748 e. The van der Waals surface area contributed by atoms with Gasteiger partial charge in [0.25, 0.3) is 0 Å². The number of unbranched alkanes of at least 4 members (excludes halogenated alkanes) is 7. The highest BCUT2D eigenvalue weighted by Crippen LogP contribution is 2.23. The Bertz CT molecular complexity index is 418. The first-order valence-electron chi connectivity index (χ1n) is 10.3. The smallest absolute Gasteiger partial charge is 0.389 e. The van der Waals surface area contributed by atoms with E-state index < -0.39 is 22.7 Å². The van der Waals surface area contributed by atoms with E-state index in [2.05, 4.69) is 27.7 Å². The van der Waals surface area contributed by atoms with Crippen molar-refractivity contribution in [3.05, 3.63) is 0 Å². The molecule has 0 aliphatic heterocycles. The van der Waals surface area contributed by atoms with Gasteiger partial charge in [-0.3, -0.25) is 0 Å². The predicted octanol–water partition coefficient (Wildman–Crippen LogP) is 5.49. The molecular weight excluding hydrogens is 379 g/mol. The van der Waals surface area contributed by atoms with E-state index >= 15 is 0 Å². The molecule has 0 aromatic rings. The number of halogens is 3. The van der Waals surface area contributed by atoms with Gasteiger partial charge in [0, 0.05) is 12.2 Å². The van der Waals surface area contributed by atoms with E-state index in [0.29, 0.717) is 19.3 Å².